The van der Waals surface area contributed by atoms with E-state index in [-0.39, 0.29) is 0 Å². The van der Waals surface area contributed by atoms with E-state index in [4.69, 9.17) is 11.6 Å². The normalized spacial score (nSPS) is 15.5. The number of aromatic amines is 1. The van der Waals surface area contributed by atoms with E-state index in [1.165, 1.54) is 37.8 Å². The van der Waals surface area contributed by atoms with Gasteiger partial charge in [-0.3, -0.25) is 5.10 Å². The van der Waals surface area contributed by atoms with Crippen LogP contribution >= 0.6 is 11.6 Å². The molecule has 4 rings (SSSR count). The van der Waals surface area contributed by atoms with Crippen molar-refractivity contribution in [2.24, 2.45) is 0 Å². The molecular weight excluding hydrogens is 320 g/mol. The Kier molecular flexibility index (Phi) is 4.30. The van der Waals surface area contributed by atoms with Crippen molar-refractivity contribution in [3.05, 3.63) is 53.6 Å². The average Bonchev–Trinajstić information content (AvgIpc) is 3.09. The molecule has 0 bridgehead atoms. The Morgan fingerprint density at radius 1 is 1.00 bits per heavy atom. The molecule has 1 aliphatic carbocycles. The van der Waals surface area contributed by atoms with Gasteiger partial charge in [0.25, 0.3) is 0 Å². The van der Waals surface area contributed by atoms with Gasteiger partial charge in [0, 0.05) is 34.0 Å². The Balaban J connectivity index is 1.84. The number of nitrogens with zero attached hydrogens (tertiary/aromatic N) is 3. The van der Waals surface area contributed by atoms with Crippen LogP contribution < -0.4 is 0 Å². The van der Waals surface area contributed by atoms with Gasteiger partial charge in [-0.15, -0.1) is 0 Å². The Hall–Kier alpha value is -2.20. The highest BCUT2D eigenvalue weighted by Gasteiger charge is 2.25. The van der Waals surface area contributed by atoms with Gasteiger partial charge in [0.2, 0.25) is 0 Å². The Morgan fingerprint density at radius 3 is 2.50 bits per heavy atom. The van der Waals surface area contributed by atoms with E-state index in [9.17, 15) is 0 Å². The van der Waals surface area contributed by atoms with E-state index in [0.29, 0.717) is 5.92 Å². The summed E-state index contributed by atoms with van der Waals surface area (Å²) in [5.74, 6) is 0.525. The van der Waals surface area contributed by atoms with Gasteiger partial charge < -0.3 is 0 Å². The van der Waals surface area contributed by atoms with Crippen LogP contribution in [0.15, 0.2) is 42.9 Å². The smallest absolute Gasteiger partial charge is 0.116 e. The summed E-state index contributed by atoms with van der Waals surface area (Å²) >= 11 is 6.03. The molecule has 1 N–H and O–H groups in total. The highest BCUT2D eigenvalue weighted by atomic mass is 35.5. The zero-order valence-electron chi connectivity index (χ0n) is 13.4. The fourth-order valence-corrected chi connectivity index (χ4v) is 3.68. The van der Waals surface area contributed by atoms with Crippen LogP contribution in [0.4, 0.5) is 0 Å². The van der Waals surface area contributed by atoms with Crippen LogP contribution in [-0.2, 0) is 0 Å². The number of hydrogen-bond acceptors (Lipinski definition) is 3. The third-order valence-electron chi connectivity index (χ3n) is 4.76. The first-order valence-electron chi connectivity index (χ1n) is 8.43. The maximum atomic E-state index is 6.03. The lowest BCUT2D eigenvalue weighted by Gasteiger charge is -2.21. The maximum absolute atomic E-state index is 6.03. The van der Waals surface area contributed by atoms with Crippen molar-refractivity contribution in [1.29, 1.82) is 0 Å². The summed E-state index contributed by atoms with van der Waals surface area (Å²) in [7, 11) is 0. The number of benzene rings is 1. The molecular formula is C19H19ClN4. The van der Waals surface area contributed by atoms with Gasteiger partial charge in [0.15, 0.2) is 0 Å². The summed E-state index contributed by atoms with van der Waals surface area (Å²) in [5.41, 5.74) is 5.21. The zero-order chi connectivity index (χ0) is 16.4. The lowest BCUT2D eigenvalue weighted by Crippen LogP contribution is -2.06. The van der Waals surface area contributed by atoms with Crippen LogP contribution in [0.1, 0.15) is 43.7 Å². The minimum Gasteiger partial charge on any atom is -0.281 e. The molecule has 2 heterocycles. The van der Waals surface area contributed by atoms with Crippen LogP contribution in [0, 0.1) is 0 Å². The van der Waals surface area contributed by atoms with Gasteiger partial charge in [-0.1, -0.05) is 43.0 Å². The summed E-state index contributed by atoms with van der Waals surface area (Å²) in [6, 6.07) is 9.77. The average molecular weight is 339 g/mol. The molecule has 5 heteroatoms. The molecule has 0 spiro atoms. The molecule has 1 saturated carbocycles. The van der Waals surface area contributed by atoms with Gasteiger partial charge in [-0.05, 0) is 31.0 Å². The molecule has 0 atom stereocenters. The van der Waals surface area contributed by atoms with Gasteiger partial charge in [-0.2, -0.15) is 5.10 Å². The first kappa shape index (κ1) is 15.3. The van der Waals surface area contributed by atoms with E-state index < -0.39 is 0 Å². The van der Waals surface area contributed by atoms with Crippen LogP contribution in [-0.4, -0.2) is 20.2 Å². The molecule has 0 saturated heterocycles. The van der Waals surface area contributed by atoms with Crippen molar-refractivity contribution in [2.45, 2.75) is 38.0 Å². The van der Waals surface area contributed by atoms with E-state index in [1.807, 2.05) is 30.3 Å². The first-order chi connectivity index (χ1) is 11.8. The molecule has 4 nitrogen and oxygen atoms in total. The van der Waals surface area contributed by atoms with Gasteiger partial charge in [0.05, 0.1) is 5.69 Å². The van der Waals surface area contributed by atoms with Crippen molar-refractivity contribution in [2.75, 3.05) is 0 Å². The third-order valence-corrected chi connectivity index (χ3v) is 5.02. The van der Waals surface area contributed by atoms with E-state index in [1.54, 1.807) is 12.5 Å². The van der Waals surface area contributed by atoms with E-state index in [0.717, 1.165) is 27.5 Å². The largest absolute Gasteiger partial charge is 0.281 e. The molecule has 0 unspecified atom stereocenters. The van der Waals surface area contributed by atoms with Crippen molar-refractivity contribution in [1.82, 2.24) is 20.2 Å². The fourth-order valence-electron chi connectivity index (χ4n) is 3.56. The highest BCUT2D eigenvalue weighted by molar-refractivity contribution is 6.30. The molecule has 2 aromatic heterocycles. The van der Waals surface area contributed by atoms with Gasteiger partial charge >= 0.3 is 0 Å². The van der Waals surface area contributed by atoms with E-state index >= 15 is 0 Å². The van der Waals surface area contributed by atoms with Crippen molar-refractivity contribution in [3.63, 3.8) is 0 Å². The molecule has 1 aromatic carbocycles. The minimum atomic E-state index is 0.525. The summed E-state index contributed by atoms with van der Waals surface area (Å²) in [6.07, 6.45) is 9.69. The summed E-state index contributed by atoms with van der Waals surface area (Å²) in [4.78, 5) is 8.54. The zero-order valence-corrected chi connectivity index (χ0v) is 14.1. The maximum Gasteiger partial charge on any atom is 0.116 e. The second kappa shape index (κ2) is 6.73. The molecule has 122 valence electrons. The highest BCUT2D eigenvalue weighted by Crippen LogP contribution is 2.40. The third kappa shape index (κ3) is 2.94. The lowest BCUT2D eigenvalue weighted by atomic mass is 9.84. The summed E-state index contributed by atoms with van der Waals surface area (Å²) in [6.45, 7) is 0. The number of aromatic nitrogens is 4. The molecule has 24 heavy (non-hydrogen) atoms. The quantitative estimate of drug-likeness (QED) is 0.711. The van der Waals surface area contributed by atoms with Crippen LogP contribution in [0.2, 0.25) is 5.02 Å². The molecule has 0 amide bonds. The summed E-state index contributed by atoms with van der Waals surface area (Å²) in [5, 5.41) is 8.68. The van der Waals surface area contributed by atoms with Crippen LogP contribution in [0.5, 0.6) is 0 Å². The predicted molar refractivity (Wildman–Crippen MR) is 95.9 cm³/mol. The number of halogens is 1. The van der Waals surface area contributed by atoms with Crippen molar-refractivity contribution < 1.29 is 0 Å². The molecule has 1 aliphatic rings. The number of hydrogen-bond donors (Lipinski definition) is 1. The summed E-state index contributed by atoms with van der Waals surface area (Å²) < 4.78 is 0. The monoisotopic (exact) mass is 338 g/mol. The number of H-pyrrole nitrogens is 1. The van der Waals surface area contributed by atoms with Gasteiger partial charge in [-0.25, -0.2) is 9.97 Å². The second-order valence-electron chi connectivity index (χ2n) is 6.30. The number of rotatable bonds is 3. The van der Waals surface area contributed by atoms with E-state index in [2.05, 4.69) is 20.2 Å². The minimum absolute atomic E-state index is 0.525. The standard InChI is InChI=1S/C19H19ClN4/c20-15-8-6-14(7-9-15)19-17(16-10-11-21-12-22-16)18(23-24-19)13-4-2-1-3-5-13/h6-13H,1-5H2,(H,23,24). The van der Waals surface area contributed by atoms with Gasteiger partial charge in [0.1, 0.15) is 12.0 Å². The molecule has 3 aromatic rings. The predicted octanol–water partition coefficient (Wildman–Crippen LogP) is 5.23. The fraction of sp³-hybridized carbons (Fsp3) is 0.316. The second-order valence-corrected chi connectivity index (χ2v) is 6.73. The Morgan fingerprint density at radius 2 is 1.79 bits per heavy atom. The van der Waals surface area contributed by atoms with Crippen LogP contribution in [0.25, 0.3) is 22.5 Å². The first-order valence-corrected chi connectivity index (χ1v) is 8.81. The molecule has 1 fully saturated rings. The SMILES string of the molecule is Clc1ccc(-c2n[nH]c(C3CCCCC3)c2-c2ccncn2)cc1. The van der Waals surface area contributed by atoms with Crippen molar-refractivity contribution >= 4 is 11.6 Å². The lowest BCUT2D eigenvalue weighted by molar-refractivity contribution is 0.437. The van der Waals surface area contributed by atoms with Crippen molar-refractivity contribution in [3.8, 4) is 22.5 Å². The Bertz CT molecular complexity index is 805. The Labute approximate surface area is 146 Å². The number of nitrogens with one attached hydrogen (secondary N) is 1. The molecule has 0 aliphatic heterocycles. The molecule has 0 radical (unpaired) electrons. The van der Waals surface area contributed by atoms with Crippen LogP contribution in [0.3, 0.4) is 0 Å². The topological polar surface area (TPSA) is 54.5 Å².